The van der Waals surface area contributed by atoms with Crippen molar-refractivity contribution in [3.05, 3.63) is 22.8 Å². The molecule has 6 heteroatoms. The van der Waals surface area contributed by atoms with Gasteiger partial charge in [0.05, 0.1) is 0 Å². The topological polar surface area (TPSA) is 71.2 Å². The first-order chi connectivity index (χ1) is 9.81. The van der Waals surface area contributed by atoms with Gasteiger partial charge in [0.2, 0.25) is 0 Å². The number of nitrogens with one attached hydrogen (secondary N) is 1. The number of hydrazine groups is 1. The Morgan fingerprint density at radius 2 is 2.00 bits per heavy atom. The summed E-state index contributed by atoms with van der Waals surface area (Å²) in [5.74, 6) is 6.38. The number of nitrogens with zero attached hydrogens (tertiary/aromatic N) is 2. The van der Waals surface area contributed by atoms with E-state index in [2.05, 4.69) is 31.2 Å². The predicted molar refractivity (Wildman–Crippen MR) is 85.1 cm³/mol. The summed E-state index contributed by atoms with van der Waals surface area (Å²) in [6.45, 7) is 8.35. The van der Waals surface area contributed by atoms with Gasteiger partial charge in [0.15, 0.2) is 0 Å². The van der Waals surface area contributed by atoms with Crippen LogP contribution in [0, 0.1) is 11.3 Å². The summed E-state index contributed by atoms with van der Waals surface area (Å²) >= 11 is 5.92. The highest BCUT2D eigenvalue weighted by atomic mass is 35.5. The monoisotopic (exact) mass is 310 g/mol. The third-order valence-electron chi connectivity index (χ3n) is 4.20. The number of nitrogen functional groups attached to an aromatic ring is 1. The molecule has 2 rings (SSSR count). The van der Waals surface area contributed by atoms with Crippen LogP contribution in [0.5, 0.6) is 0 Å². The number of hydrogen-bond acceptors (Lipinski definition) is 4. The lowest BCUT2D eigenvalue weighted by Crippen LogP contribution is -2.41. The summed E-state index contributed by atoms with van der Waals surface area (Å²) < 4.78 is 0. The standard InChI is InChI=1S/C15H23ClN4O/c1-15(2,3)11-4-6-20(7-5-11)14(21)10-8-12(16)18-13(9-10)19-17/h8-9,11H,4-7,17H2,1-3H3,(H,18,19). The van der Waals surface area contributed by atoms with Gasteiger partial charge in [0, 0.05) is 18.7 Å². The smallest absolute Gasteiger partial charge is 0.254 e. The highest BCUT2D eigenvalue weighted by Crippen LogP contribution is 2.34. The van der Waals surface area contributed by atoms with Crippen LogP contribution in [0.15, 0.2) is 12.1 Å². The molecule has 1 aromatic rings. The number of anilines is 1. The molecule has 0 atom stereocenters. The molecular weight excluding hydrogens is 288 g/mol. The van der Waals surface area contributed by atoms with Crippen LogP contribution in [0.4, 0.5) is 5.82 Å². The molecule has 1 amide bonds. The Balaban J connectivity index is 2.07. The van der Waals surface area contributed by atoms with Crippen LogP contribution in [0.2, 0.25) is 5.15 Å². The number of likely N-dealkylation sites (tertiary alicyclic amines) is 1. The summed E-state index contributed by atoms with van der Waals surface area (Å²) in [6.07, 6.45) is 2.08. The number of carbonyl (C=O) groups is 1. The van der Waals surface area contributed by atoms with Crippen LogP contribution in [0.1, 0.15) is 44.0 Å². The summed E-state index contributed by atoms with van der Waals surface area (Å²) in [6, 6.07) is 3.21. The fourth-order valence-corrected chi connectivity index (χ4v) is 3.03. The number of nitrogens with two attached hydrogens (primary N) is 1. The number of aromatic nitrogens is 1. The molecule has 0 saturated carbocycles. The third kappa shape index (κ3) is 3.86. The van der Waals surface area contributed by atoms with Gasteiger partial charge in [-0.1, -0.05) is 32.4 Å². The second kappa shape index (κ2) is 6.20. The van der Waals surface area contributed by atoms with Crippen molar-refractivity contribution in [2.24, 2.45) is 17.2 Å². The van der Waals surface area contributed by atoms with Crippen molar-refractivity contribution < 1.29 is 4.79 Å². The van der Waals surface area contributed by atoms with E-state index >= 15 is 0 Å². The highest BCUT2D eigenvalue weighted by Gasteiger charge is 2.30. The predicted octanol–water partition coefficient (Wildman–Crippen LogP) is 2.92. The van der Waals surface area contributed by atoms with Crippen LogP contribution in [0.25, 0.3) is 0 Å². The Hall–Kier alpha value is -1.33. The Kier molecular flexibility index (Phi) is 4.74. The van der Waals surface area contributed by atoms with Crippen molar-refractivity contribution in [1.82, 2.24) is 9.88 Å². The summed E-state index contributed by atoms with van der Waals surface area (Å²) in [4.78, 5) is 18.4. The second-order valence-corrected chi connectivity index (χ2v) is 7.03. The Labute approximate surface area is 130 Å². The Morgan fingerprint density at radius 1 is 1.38 bits per heavy atom. The van der Waals surface area contributed by atoms with Gasteiger partial charge in [-0.15, -0.1) is 0 Å². The zero-order valence-corrected chi connectivity index (χ0v) is 13.6. The number of carbonyl (C=O) groups excluding carboxylic acids is 1. The molecule has 0 spiro atoms. The van der Waals surface area contributed by atoms with Crippen LogP contribution >= 0.6 is 11.6 Å². The first-order valence-corrected chi connectivity index (χ1v) is 7.62. The van der Waals surface area contributed by atoms with Gasteiger partial charge in [-0.05, 0) is 36.3 Å². The molecule has 0 bridgehead atoms. The molecule has 1 aliphatic rings. The van der Waals surface area contributed by atoms with Gasteiger partial charge in [-0.25, -0.2) is 10.8 Å². The van der Waals surface area contributed by atoms with E-state index in [1.807, 2.05) is 4.90 Å². The molecule has 116 valence electrons. The first kappa shape index (κ1) is 16.0. The maximum atomic E-state index is 12.5. The van der Waals surface area contributed by atoms with Gasteiger partial charge < -0.3 is 10.3 Å². The molecule has 1 aromatic heterocycles. The maximum absolute atomic E-state index is 12.5. The number of piperidine rings is 1. The van der Waals surface area contributed by atoms with E-state index in [0.29, 0.717) is 22.7 Å². The average Bonchev–Trinajstić information content (AvgIpc) is 2.45. The quantitative estimate of drug-likeness (QED) is 0.500. The van der Waals surface area contributed by atoms with E-state index in [4.69, 9.17) is 17.4 Å². The van der Waals surface area contributed by atoms with Gasteiger partial charge in [0.1, 0.15) is 11.0 Å². The van der Waals surface area contributed by atoms with Gasteiger partial charge in [0.25, 0.3) is 5.91 Å². The zero-order valence-electron chi connectivity index (χ0n) is 12.8. The summed E-state index contributed by atoms with van der Waals surface area (Å²) in [7, 11) is 0. The van der Waals surface area contributed by atoms with Gasteiger partial charge in [-0.2, -0.15) is 0 Å². The van der Waals surface area contributed by atoms with E-state index in [1.54, 1.807) is 12.1 Å². The molecule has 5 nitrogen and oxygen atoms in total. The lowest BCUT2D eigenvalue weighted by Gasteiger charge is -2.38. The van der Waals surface area contributed by atoms with E-state index in [-0.39, 0.29) is 11.1 Å². The van der Waals surface area contributed by atoms with E-state index in [0.717, 1.165) is 25.9 Å². The van der Waals surface area contributed by atoms with Crippen molar-refractivity contribution in [2.45, 2.75) is 33.6 Å². The minimum atomic E-state index is -0.0110. The van der Waals surface area contributed by atoms with E-state index in [1.165, 1.54) is 0 Å². The molecular formula is C15H23ClN4O. The lowest BCUT2D eigenvalue weighted by atomic mass is 9.75. The minimum Gasteiger partial charge on any atom is -0.339 e. The molecule has 1 saturated heterocycles. The average molecular weight is 311 g/mol. The SMILES string of the molecule is CC(C)(C)C1CCN(C(=O)c2cc(Cl)nc(NN)c2)CC1. The van der Waals surface area contributed by atoms with Crippen LogP contribution in [-0.4, -0.2) is 28.9 Å². The van der Waals surface area contributed by atoms with Crippen molar-refractivity contribution in [2.75, 3.05) is 18.5 Å². The fourth-order valence-electron chi connectivity index (χ4n) is 2.83. The van der Waals surface area contributed by atoms with Gasteiger partial charge >= 0.3 is 0 Å². The number of pyridine rings is 1. The molecule has 3 N–H and O–H groups in total. The van der Waals surface area contributed by atoms with Crippen LogP contribution in [0.3, 0.4) is 0 Å². The molecule has 0 unspecified atom stereocenters. The molecule has 1 fully saturated rings. The number of hydrogen-bond donors (Lipinski definition) is 2. The van der Waals surface area contributed by atoms with Crippen molar-refractivity contribution in [1.29, 1.82) is 0 Å². The normalized spacial score (nSPS) is 16.9. The molecule has 2 heterocycles. The Morgan fingerprint density at radius 3 is 2.52 bits per heavy atom. The highest BCUT2D eigenvalue weighted by molar-refractivity contribution is 6.29. The van der Waals surface area contributed by atoms with Crippen molar-refractivity contribution in [3.8, 4) is 0 Å². The molecule has 1 aliphatic heterocycles. The lowest BCUT2D eigenvalue weighted by molar-refractivity contribution is 0.0608. The maximum Gasteiger partial charge on any atom is 0.254 e. The molecule has 0 aliphatic carbocycles. The summed E-state index contributed by atoms with van der Waals surface area (Å²) in [5.41, 5.74) is 3.25. The minimum absolute atomic E-state index is 0.0110. The summed E-state index contributed by atoms with van der Waals surface area (Å²) in [5, 5.41) is 0.262. The molecule has 21 heavy (non-hydrogen) atoms. The van der Waals surface area contributed by atoms with E-state index in [9.17, 15) is 4.79 Å². The first-order valence-electron chi connectivity index (χ1n) is 7.24. The third-order valence-corrected chi connectivity index (χ3v) is 4.39. The van der Waals surface area contributed by atoms with Crippen LogP contribution < -0.4 is 11.3 Å². The second-order valence-electron chi connectivity index (χ2n) is 6.64. The fraction of sp³-hybridized carbons (Fsp3) is 0.600. The molecule has 0 aromatic carbocycles. The van der Waals surface area contributed by atoms with E-state index < -0.39 is 0 Å². The molecule has 0 radical (unpaired) electrons. The zero-order chi connectivity index (χ0) is 15.6. The number of amides is 1. The largest absolute Gasteiger partial charge is 0.339 e. The van der Waals surface area contributed by atoms with Crippen molar-refractivity contribution in [3.63, 3.8) is 0 Å². The number of halogens is 1. The van der Waals surface area contributed by atoms with Gasteiger partial charge in [-0.3, -0.25) is 4.79 Å². The van der Waals surface area contributed by atoms with Crippen LogP contribution in [-0.2, 0) is 0 Å². The van der Waals surface area contributed by atoms with Crippen molar-refractivity contribution >= 4 is 23.3 Å². The number of rotatable bonds is 2. The Bertz CT molecular complexity index is 519.